The highest BCUT2D eigenvalue weighted by Gasteiger charge is 2.37. The van der Waals surface area contributed by atoms with Gasteiger partial charge in [-0.1, -0.05) is 60.7 Å². The number of hydrogen-bond acceptors (Lipinski definition) is 4. The number of ketones is 2. The molecule has 1 aliphatic rings. The van der Waals surface area contributed by atoms with Gasteiger partial charge in [-0.3, -0.25) is 14.6 Å². The number of aryl methyl sites for hydroxylation is 1. The predicted octanol–water partition coefficient (Wildman–Crippen LogP) is 5.20. The molecule has 4 heteroatoms. The van der Waals surface area contributed by atoms with E-state index in [1.54, 1.807) is 12.3 Å². The van der Waals surface area contributed by atoms with Crippen molar-refractivity contribution in [1.29, 1.82) is 0 Å². The van der Waals surface area contributed by atoms with Gasteiger partial charge in [0.25, 0.3) is 0 Å². The van der Waals surface area contributed by atoms with Gasteiger partial charge in [-0.05, 0) is 47.7 Å². The monoisotopic (exact) mass is 390 g/mol. The number of rotatable bonds is 2. The van der Waals surface area contributed by atoms with E-state index in [0.717, 1.165) is 27.9 Å². The molecular formula is C26H18N2O2. The zero-order chi connectivity index (χ0) is 20.8. The number of pyridine rings is 2. The van der Waals surface area contributed by atoms with Crippen LogP contribution < -0.4 is 0 Å². The number of benzene rings is 2. The van der Waals surface area contributed by atoms with Crippen LogP contribution in [0.2, 0.25) is 0 Å². The molecule has 2 heterocycles. The fourth-order valence-electron chi connectivity index (χ4n) is 4.10. The van der Waals surface area contributed by atoms with E-state index < -0.39 is 0 Å². The Hall–Kier alpha value is -3.92. The third-order valence-electron chi connectivity index (χ3n) is 5.67. The standard InChI is InChI=1S/C26H18N2O2/c1-15-16(2)28-24-22(20(15)18-11-7-4-8-12-18)25(29)21-19(17-9-5-3-6-10-17)13-14-27-23(21)26(24)30/h3-14H,1-2H3. The molecule has 0 spiro atoms. The second-order valence-corrected chi connectivity index (χ2v) is 7.39. The maximum absolute atomic E-state index is 13.9. The number of fused-ring (bicyclic) bond motifs is 2. The Balaban J connectivity index is 1.85. The molecule has 4 nitrogen and oxygen atoms in total. The Bertz CT molecular complexity index is 1330. The molecule has 0 saturated carbocycles. The molecule has 1 aliphatic carbocycles. The van der Waals surface area contributed by atoms with E-state index in [9.17, 15) is 9.59 Å². The second-order valence-electron chi connectivity index (χ2n) is 7.39. The van der Waals surface area contributed by atoms with Crippen molar-refractivity contribution < 1.29 is 9.59 Å². The van der Waals surface area contributed by atoms with Crippen molar-refractivity contribution in [3.05, 3.63) is 107 Å². The largest absolute Gasteiger partial charge is 0.288 e. The van der Waals surface area contributed by atoms with Gasteiger partial charge in [0, 0.05) is 11.9 Å². The van der Waals surface area contributed by atoms with Crippen LogP contribution in [-0.4, -0.2) is 21.5 Å². The molecule has 0 N–H and O–H groups in total. The quantitative estimate of drug-likeness (QED) is 0.415. The summed E-state index contributed by atoms with van der Waals surface area (Å²) in [6.45, 7) is 3.81. The van der Waals surface area contributed by atoms with Crippen molar-refractivity contribution >= 4 is 11.6 Å². The Morgan fingerprint density at radius 2 is 1.27 bits per heavy atom. The minimum absolute atomic E-state index is 0.170. The first-order chi connectivity index (χ1) is 14.6. The molecule has 0 bridgehead atoms. The van der Waals surface area contributed by atoms with Crippen LogP contribution in [0.3, 0.4) is 0 Å². The van der Waals surface area contributed by atoms with Crippen LogP contribution in [0.5, 0.6) is 0 Å². The van der Waals surface area contributed by atoms with Crippen LogP contribution in [0, 0.1) is 13.8 Å². The predicted molar refractivity (Wildman–Crippen MR) is 116 cm³/mol. The van der Waals surface area contributed by atoms with Crippen molar-refractivity contribution in [2.45, 2.75) is 13.8 Å². The highest BCUT2D eigenvalue weighted by atomic mass is 16.1. The summed E-state index contributed by atoms with van der Waals surface area (Å²) in [7, 11) is 0. The average Bonchev–Trinajstić information content (AvgIpc) is 2.79. The van der Waals surface area contributed by atoms with Crippen molar-refractivity contribution in [1.82, 2.24) is 9.97 Å². The lowest BCUT2D eigenvalue weighted by atomic mass is 9.80. The molecule has 0 fully saturated rings. The van der Waals surface area contributed by atoms with Crippen LogP contribution >= 0.6 is 0 Å². The molecule has 0 saturated heterocycles. The van der Waals surface area contributed by atoms with Crippen LogP contribution in [0.4, 0.5) is 0 Å². The molecule has 2 aromatic carbocycles. The number of nitrogens with zero attached hydrogens (tertiary/aromatic N) is 2. The van der Waals surface area contributed by atoms with Gasteiger partial charge >= 0.3 is 0 Å². The van der Waals surface area contributed by atoms with Gasteiger partial charge < -0.3 is 0 Å². The lowest BCUT2D eigenvalue weighted by Crippen LogP contribution is -2.26. The Morgan fingerprint density at radius 3 is 1.93 bits per heavy atom. The smallest absolute Gasteiger partial charge is 0.231 e. The minimum Gasteiger partial charge on any atom is -0.288 e. The first kappa shape index (κ1) is 18.1. The fraction of sp³-hybridized carbons (Fsp3) is 0.0769. The van der Waals surface area contributed by atoms with Gasteiger partial charge in [0.15, 0.2) is 5.78 Å². The molecule has 0 radical (unpaired) electrons. The lowest BCUT2D eigenvalue weighted by Gasteiger charge is -2.23. The summed E-state index contributed by atoms with van der Waals surface area (Å²) in [5.74, 6) is -0.515. The molecular weight excluding hydrogens is 372 g/mol. The van der Waals surface area contributed by atoms with Crippen molar-refractivity contribution in [3.8, 4) is 22.3 Å². The van der Waals surface area contributed by atoms with Gasteiger partial charge in [0.2, 0.25) is 5.78 Å². The van der Waals surface area contributed by atoms with Crippen molar-refractivity contribution in [2.75, 3.05) is 0 Å². The molecule has 0 amide bonds. The summed E-state index contributed by atoms with van der Waals surface area (Å²) in [5.41, 5.74) is 5.95. The number of carbonyl (C=O) groups excluding carboxylic acids is 2. The van der Waals surface area contributed by atoms with Crippen LogP contribution in [0.25, 0.3) is 22.3 Å². The molecule has 5 rings (SSSR count). The average molecular weight is 390 g/mol. The first-order valence-corrected chi connectivity index (χ1v) is 9.78. The van der Waals surface area contributed by atoms with Crippen LogP contribution in [-0.2, 0) is 0 Å². The topological polar surface area (TPSA) is 59.9 Å². The molecule has 4 aromatic rings. The Labute approximate surface area is 174 Å². The summed E-state index contributed by atoms with van der Waals surface area (Å²) >= 11 is 0. The summed E-state index contributed by atoms with van der Waals surface area (Å²) in [6, 6.07) is 21.1. The van der Waals surface area contributed by atoms with E-state index in [1.807, 2.05) is 74.5 Å². The highest BCUT2D eigenvalue weighted by molar-refractivity contribution is 6.31. The van der Waals surface area contributed by atoms with E-state index in [1.165, 1.54) is 0 Å². The fourth-order valence-corrected chi connectivity index (χ4v) is 4.10. The van der Waals surface area contributed by atoms with Gasteiger partial charge in [-0.2, -0.15) is 0 Å². The number of hydrogen-bond donors (Lipinski definition) is 0. The maximum atomic E-state index is 13.9. The zero-order valence-corrected chi connectivity index (χ0v) is 16.6. The van der Waals surface area contributed by atoms with E-state index in [2.05, 4.69) is 9.97 Å². The Morgan fingerprint density at radius 1 is 0.633 bits per heavy atom. The lowest BCUT2D eigenvalue weighted by molar-refractivity contribution is 0.0972. The third-order valence-corrected chi connectivity index (χ3v) is 5.67. The third kappa shape index (κ3) is 2.61. The zero-order valence-electron chi connectivity index (χ0n) is 16.6. The molecule has 0 atom stereocenters. The molecule has 30 heavy (non-hydrogen) atoms. The van der Waals surface area contributed by atoms with Crippen LogP contribution in [0.15, 0.2) is 72.9 Å². The van der Waals surface area contributed by atoms with E-state index in [-0.39, 0.29) is 23.0 Å². The van der Waals surface area contributed by atoms with E-state index >= 15 is 0 Å². The molecule has 0 aliphatic heterocycles. The SMILES string of the molecule is Cc1nc2c(c(-c3ccccc3)c1C)C(=O)c1c(-c3ccccc3)ccnc1C2=O. The molecule has 0 unspecified atom stereocenters. The maximum Gasteiger partial charge on any atom is 0.231 e. The normalized spacial score (nSPS) is 12.5. The van der Waals surface area contributed by atoms with Gasteiger partial charge in [0.1, 0.15) is 11.4 Å². The van der Waals surface area contributed by atoms with Gasteiger partial charge in [-0.15, -0.1) is 0 Å². The summed E-state index contributed by atoms with van der Waals surface area (Å²) in [4.78, 5) is 36.1. The molecule has 2 aromatic heterocycles. The first-order valence-electron chi connectivity index (χ1n) is 9.78. The summed E-state index contributed by atoms with van der Waals surface area (Å²) < 4.78 is 0. The van der Waals surface area contributed by atoms with E-state index in [4.69, 9.17) is 0 Å². The molecule has 144 valence electrons. The van der Waals surface area contributed by atoms with Gasteiger partial charge in [0.05, 0.1) is 11.1 Å². The van der Waals surface area contributed by atoms with Crippen molar-refractivity contribution in [2.24, 2.45) is 0 Å². The second kappa shape index (κ2) is 6.85. The number of aromatic nitrogens is 2. The van der Waals surface area contributed by atoms with Crippen LogP contribution in [0.1, 0.15) is 43.4 Å². The Kier molecular flexibility index (Phi) is 4.14. The summed E-state index contributed by atoms with van der Waals surface area (Å²) in [6.07, 6.45) is 1.58. The van der Waals surface area contributed by atoms with Gasteiger partial charge in [-0.25, -0.2) is 4.98 Å². The van der Waals surface area contributed by atoms with E-state index in [0.29, 0.717) is 16.7 Å². The summed E-state index contributed by atoms with van der Waals surface area (Å²) in [5, 5.41) is 0. The van der Waals surface area contributed by atoms with Crippen molar-refractivity contribution in [3.63, 3.8) is 0 Å². The minimum atomic E-state index is -0.308. The number of carbonyl (C=O) groups is 2. The highest BCUT2D eigenvalue weighted by Crippen LogP contribution is 2.39.